The Bertz CT molecular complexity index is 102. The molecule has 0 unspecified atom stereocenters. The van der Waals surface area contributed by atoms with Crippen LogP contribution in [-0.2, 0) is 4.79 Å². The maximum absolute atomic E-state index is 10.3. The summed E-state index contributed by atoms with van der Waals surface area (Å²) >= 11 is 0. The molecule has 76 valence electrons. The van der Waals surface area contributed by atoms with Crippen molar-refractivity contribution >= 4 is 5.78 Å². The molecule has 0 rings (SSSR count). The van der Waals surface area contributed by atoms with E-state index < -0.39 is 0 Å². The predicted molar refractivity (Wildman–Crippen MR) is 59.5 cm³/mol. The highest BCUT2D eigenvalue weighted by atomic mass is 16.1. The summed E-state index contributed by atoms with van der Waals surface area (Å²) in [5.74, 6) is 0.609. The Labute approximate surface area is 78.9 Å². The molecule has 0 heterocycles. The van der Waals surface area contributed by atoms with Crippen LogP contribution in [0.1, 0.15) is 49.5 Å². The first-order chi connectivity index (χ1) is 4.63. The van der Waals surface area contributed by atoms with Crippen LogP contribution < -0.4 is 0 Å². The number of hydrogen-bond donors (Lipinski definition) is 0. The van der Waals surface area contributed by atoms with Crippen LogP contribution in [0, 0.1) is 5.92 Å². The first kappa shape index (κ1) is 22.5. The summed E-state index contributed by atoms with van der Waals surface area (Å²) in [6.07, 6.45) is 3.49. The smallest absolute Gasteiger partial charge is 0.152 e. The van der Waals surface area contributed by atoms with Gasteiger partial charge in [0.1, 0.15) is 0 Å². The van der Waals surface area contributed by atoms with E-state index in [2.05, 4.69) is 0 Å². The molecule has 0 aliphatic carbocycles. The van der Waals surface area contributed by atoms with Crippen LogP contribution in [0.2, 0.25) is 0 Å². The molecule has 0 aromatic heterocycles. The minimum atomic E-state index is 0. The third kappa shape index (κ3) is 34.2. The van der Waals surface area contributed by atoms with Gasteiger partial charge in [-0.2, -0.15) is 0 Å². The molecule has 0 saturated heterocycles. The lowest BCUT2D eigenvalue weighted by molar-refractivity contribution is -0.112. The highest BCUT2D eigenvalue weighted by Gasteiger charge is 1.84. The molecule has 0 N–H and O–H groups in total. The zero-order chi connectivity index (χ0) is 8.57. The Kier molecular flexibility index (Phi) is 31.5. The van der Waals surface area contributed by atoms with Gasteiger partial charge < -0.3 is 0 Å². The number of hydrogen-bond acceptors (Lipinski definition) is 1. The highest BCUT2D eigenvalue weighted by molar-refractivity contribution is 5.87. The second-order valence-corrected chi connectivity index (χ2v) is 2.21. The van der Waals surface area contributed by atoms with Crippen molar-refractivity contribution in [2.45, 2.75) is 49.5 Å². The number of ketones is 1. The lowest BCUT2D eigenvalue weighted by Gasteiger charge is -1.88. The van der Waals surface area contributed by atoms with Crippen molar-refractivity contribution in [3.63, 3.8) is 0 Å². The van der Waals surface area contributed by atoms with Gasteiger partial charge in [-0.05, 0) is 18.9 Å². The summed E-state index contributed by atoms with van der Waals surface area (Å²) in [5, 5.41) is 0. The topological polar surface area (TPSA) is 17.1 Å². The molecule has 1 nitrogen and oxygen atoms in total. The van der Waals surface area contributed by atoms with E-state index in [1.165, 1.54) is 0 Å². The van der Waals surface area contributed by atoms with Crippen molar-refractivity contribution in [1.29, 1.82) is 0 Å². The van der Waals surface area contributed by atoms with Gasteiger partial charge in [0.2, 0.25) is 0 Å². The third-order valence-electron chi connectivity index (χ3n) is 0.716. The second-order valence-electron chi connectivity index (χ2n) is 2.21. The molecule has 0 atom stereocenters. The van der Waals surface area contributed by atoms with E-state index in [1.807, 2.05) is 33.8 Å². The molecule has 0 aromatic rings. The molecule has 0 bridgehead atoms. The van der Waals surface area contributed by atoms with Gasteiger partial charge in [-0.1, -0.05) is 48.6 Å². The van der Waals surface area contributed by atoms with Crippen LogP contribution in [0.4, 0.5) is 0 Å². The fourth-order valence-electron chi connectivity index (χ4n) is 0.328. The summed E-state index contributed by atoms with van der Waals surface area (Å²) in [4.78, 5) is 10.3. The summed E-state index contributed by atoms with van der Waals surface area (Å²) in [6, 6.07) is 0. The molecule has 0 radical (unpaired) electrons. The van der Waals surface area contributed by atoms with Gasteiger partial charge in [-0.15, -0.1) is 0 Å². The van der Waals surface area contributed by atoms with Crippen molar-refractivity contribution in [3.05, 3.63) is 12.2 Å². The predicted octanol–water partition coefficient (Wildman–Crippen LogP) is 4.09. The summed E-state index contributed by atoms with van der Waals surface area (Å²) < 4.78 is 0. The maximum Gasteiger partial charge on any atom is 0.152 e. The minimum Gasteiger partial charge on any atom is -0.295 e. The van der Waals surface area contributed by atoms with Gasteiger partial charge in [-0.25, -0.2) is 0 Å². The molecule has 0 saturated carbocycles. The Morgan fingerprint density at radius 3 is 1.58 bits per heavy atom. The number of rotatable bonds is 2. The van der Waals surface area contributed by atoms with Crippen molar-refractivity contribution in [2.75, 3.05) is 0 Å². The quantitative estimate of drug-likeness (QED) is 0.576. The van der Waals surface area contributed by atoms with Gasteiger partial charge >= 0.3 is 0 Å². The number of carbonyl (C=O) groups is 1. The normalized spacial score (nSPS) is 7.83. The Morgan fingerprint density at radius 1 is 1.17 bits per heavy atom. The maximum atomic E-state index is 10.3. The summed E-state index contributed by atoms with van der Waals surface area (Å²) in [6.45, 7) is 9.64. The van der Waals surface area contributed by atoms with Crippen LogP contribution in [-0.4, -0.2) is 5.78 Å². The minimum absolute atomic E-state index is 0. The molecule has 1 heteroatoms. The Morgan fingerprint density at radius 2 is 1.50 bits per heavy atom. The molecule has 0 aliphatic heterocycles. The van der Waals surface area contributed by atoms with E-state index in [1.54, 1.807) is 13.0 Å². The Balaban J connectivity index is -0.0000000740. The molecular formula is C11H26O. The summed E-state index contributed by atoms with van der Waals surface area (Å²) in [5.41, 5.74) is 0. The van der Waals surface area contributed by atoms with Gasteiger partial charge in [0.05, 0.1) is 0 Å². The van der Waals surface area contributed by atoms with Gasteiger partial charge in [-0.3, -0.25) is 4.79 Å². The van der Waals surface area contributed by atoms with E-state index in [-0.39, 0.29) is 20.6 Å². The average Bonchev–Trinajstić information content (AvgIpc) is 1.89. The van der Waals surface area contributed by atoms with Gasteiger partial charge in [0.25, 0.3) is 0 Å². The zero-order valence-electron chi connectivity index (χ0n) is 7.64. The number of allylic oxidation sites excluding steroid dienone is 2. The van der Waals surface area contributed by atoms with E-state index in [4.69, 9.17) is 0 Å². The van der Waals surface area contributed by atoms with Crippen LogP contribution >= 0.6 is 0 Å². The fraction of sp³-hybridized carbons (Fsp3) is 0.727. The zero-order valence-corrected chi connectivity index (χ0v) is 7.64. The van der Waals surface area contributed by atoms with E-state index >= 15 is 0 Å². The number of carbonyl (C=O) groups excluding carboxylic acids is 1. The monoisotopic (exact) mass is 174 g/mol. The Hall–Kier alpha value is -0.590. The lowest BCUT2D eigenvalue weighted by Crippen LogP contribution is -1.83. The molecule has 0 fully saturated rings. The molecular weight excluding hydrogens is 148 g/mol. The van der Waals surface area contributed by atoms with E-state index in [0.717, 1.165) is 0 Å². The van der Waals surface area contributed by atoms with E-state index in [9.17, 15) is 4.79 Å². The van der Waals surface area contributed by atoms with Gasteiger partial charge in [0.15, 0.2) is 5.78 Å². The average molecular weight is 174 g/mol. The molecule has 0 spiro atoms. The molecule has 12 heavy (non-hydrogen) atoms. The molecule has 0 aromatic carbocycles. The van der Waals surface area contributed by atoms with Crippen LogP contribution in [0.15, 0.2) is 12.2 Å². The standard InChI is InChI=1S/C7H12O.C2H6.2CH4/c1-6(2)4-5-7(3)8;1-2;;/h4-6H,1-3H3;1-2H3;2*1H4/b5-4+;;;. The molecule has 0 aliphatic rings. The van der Waals surface area contributed by atoms with Crippen molar-refractivity contribution in [3.8, 4) is 0 Å². The third-order valence-corrected chi connectivity index (χ3v) is 0.716. The first-order valence-electron chi connectivity index (χ1n) is 3.81. The largest absolute Gasteiger partial charge is 0.295 e. The first-order valence-corrected chi connectivity index (χ1v) is 3.81. The van der Waals surface area contributed by atoms with Crippen molar-refractivity contribution < 1.29 is 4.79 Å². The molecule has 0 amide bonds. The second kappa shape index (κ2) is 16.8. The van der Waals surface area contributed by atoms with Crippen LogP contribution in [0.25, 0.3) is 0 Å². The summed E-state index contributed by atoms with van der Waals surface area (Å²) in [7, 11) is 0. The highest BCUT2D eigenvalue weighted by Crippen LogP contribution is 1.92. The van der Waals surface area contributed by atoms with Crippen LogP contribution in [0.3, 0.4) is 0 Å². The van der Waals surface area contributed by atoms with Crippen molar-refractivity contribution in [1.82, 2.24) is 0 Å². The fourth-order valence-corrected chi connectivity index (χ4v) is 0.328. The lowest BCUT2D eigenvalue weighted by atomic mass is 10.2. The van der Waals surface area contributed by atoms with Gasteiger partial charge in [0, 0.05) is 0 Å². The SMILES string of the molecule is C.C.CC.CC(=O)/C=C/C(C)C. The van der Waals surface area contributed by atoms with E-state index in [0.29, 0.717) is 5.92 Å². The van der Waals surface area contributed by atoms with Crippen molar-refractivity contribution in [2.24, 2.45) is 5.92 Å². The van der Waals surface area contributed by atoms with Crippen LogP contribution in [0.5, 0.6) is 0 Å².